The molecule has 0 aliphatic heterocycles. The number of benzene rings is 2. The molecule has 6 nitrogen and oxygen atoms in total. The van der Waals surface area contributed by atoms with Crippen molar-refractivity contribution in [2.45, 2.75) is 31.2 Å². The van der Waals surface area contributed by atoms with E-state index in [2.05, 4.69) is 21.6 Å². The summed E-state index contributed by atoms with van der Waals surface area (Å²) in [6.45, 7) is 5.93. The minimum atomic E-state index is -0.483. The summed E-state index contributed by atoms with van der Waals surface area (Å²) >= 11 is 1.37. The van der Waals surface area contributed by atoms with Crippen LogP contribution in [0.4, 0.5) is 5.69 Å². The van der Waals surface area contributed by atoms with Crippen LogP contribution in [0.1, 0.15) is 27.7 Å². The maximum Gasteiger partial charge on any atom is 0.242 e. The molecule has 0 spiro atoms. The summed E-state index contributed by atoms with van der Waals surface area (Å²) in [7, 11) is 1.90. The Morgan fingerprint density at radius 1 is 1.03 bits per heavy atom. The number of aromatic nitrogens is 3. The van der Waals surface area contributed by atoms with Crippen molar-refractivity contribution in [1.82, 2.24) is 14.8 Å². The Balaban J connectivity index is 1.64. The molecule has 0 bridgehead atoms. The Kier molecular flexibility index (Phi) is 5.95. The van der Waals surface area contributed by atoms with Crippen molar-refractivity contribution in [1.29, 1.82) is 0 Å². The Labute approximate surface area is 185 Å². The Bertz CT molecular complexity index is 1190. The lowest BCUT2D eigenvalue weighted by molar-refractivity contribution is -0.115. The van der Waals surface area contributed by atoms with Crippen LogP contribution in [-0.2, 0) is 11.8 Å². The van der Waals surface area contributed by atoms with E-state index in [1.807, 2.05) is 80.9 Å². The van der Waals surface area contributed by atoms with Gasteiger partial charge in [0.25, 0.3) is 0 Å². The number of furan rings is 1. The van der Waals surface area contributed by atoms with Gasteiger partial charge in [-0.05, 0) is 55.7 Å². The number of nitrogens with one attached hydrogen (secondary N) is 1. The molecule has 4 aromatic rings. The Morgan fingerprint density at radius 2 is 1.74 bits per heavy atom. The van der Waals surface area contributed by atoms with E-state index in [1.54, 1.807) is 6.26 Å². The number of aryl methyl sites for hydroxylation is 3. The highest BCUT2D eigenvalue weighted by Gasteiger charge is 2.26. The number of carbonyl (C=O) groups excluding carboxylic acids is 1. The van der Waals surface area contributed by atoms with Crippen LogP contribution in [0, 0.1) is 20.8 Å². The van der Waals surface area contributed by atoms with E-state index in [9.17, 15) is 4.79 Å². The molecule has 7 heteroatoms. The second-order valence-corrected chi connectivity index (χ2v) is 8.60. The first-order chi connectivity index (χ1) is 14.9. The number of nitrogens with zero attached hydrogens (tertiary/aromatic N) is 3. The normalized spacial score (nSPS) is 12.0. The molecule has 1 N–H and O–H groups in total. The predicted molar refractivity (Wildman–Crippen MR) is 123 cm³/mol. The number of anilines is 1. The Hall–Kier alpha value is -3.32. The van der Waals surface area contributed by atoms with E-state index in [4.69, 9.17) is 4.42 Å². The SMILES string of the molecule is Cc1cc(C)cc(NC(=O)[C@H](Sc2nnc(-c3ccoc3C)n2C)c2ccccc2)c1. The maximum absolute atomic E-state index is 13.3. The van der Waals surface area contributed by atoms with Gasteiger partial charge in [-0.1, -0.05) is 48.2 Å². The average Bonchev–Trinajstić information content (AvgIpc) is 3.31. The van der Waals surface area contributed by atoms with Crippen molar-refractivity contribution in [3.05, 3.63) is 83.3 Å². The minimum Gasteiger partial charge on any atom is -0.469 e. The molecular weight excluding hydrogens is 408 g/mol. The van der Waals surface area contributed by atoms with Crippen molar-refractivity contribution >= 4 is 23.4 Å². The molecule has 31 heavy (non-hydrogen) atoms. The van der Waals surface area contributed by atoms with Gasteiger partial charge in [-0.25, -0.2) is 0 Å². The summed E-state index contributed by atoms with van der Waals surface area (Å²) in [6.07, 6.45) is 1.64. The molecule has 0 aliphatic rings. The van der Waals surface area contributed by atoms with Crippen LogP contribution in [0.2, 0.25) is 0 Å². The highest BCUT2D eigenvalue weighted by Crippen LogP contribution is 2.37. The molecular formula is C24H24N4O2S. The fraction of sp³-hybridized carbons (Fsp3) is 0.208. The number of carbonyl (C=O) groups is 1. The molecule has 2 heterocycles. The van der Waals surface area contributed by atoms with Crippen LogP contribution in [0.25, 0.3) is 11.4 Å². The van der Waals surface area contributed by atoms with E-state index in [1.165, 1.54) is 11.8 Å². The lowest BCUT2D eigenvalue weighted by Gasteiger charge is -2.17. The molecule has 2 aromatic carbocycles. The molecule has 0 fully saturated rings. The van der Waals surface area contributed by atoms with Crippen molar-refractivity contribution in [3.63, 3.8) is 0 Å². The number of hydrogen-bond acceptors (Lipinski definition) is 5. The fourth-order valence-electron chi connectivity index (χ4n) is 3.53. The molecule has 0 saturated heterocycles. The molecule has 0 radical (unpaired) electrons. The lowest BCUT2D eigenvalue weighted by atomic mass is 10.1. The van der Waals surface area contributed by atoms with Crippen LogP contribution in [0.5, 0.6) is 0 Å². The standard InChI is InChI=1S/C24H24N4O2S/c1-15-12-16(2)14-19(13-15)25-23(29)21(18-8-6-5-7-9-18)31-24-27-26-22(28(24)4)20-10-11-30-17(20)3/h5-14,21H,1-4H3,(H,25,29)/t21-/m1/s1. The van der Waals surface area contributed by atoms with Gasteiger partial charge < -0.3 is 14.3 Å². The quantitative estimate of drug-likeness (QED) is 0.409. The summed E-state index contributed by atoms with van der Waals surface area (Å²) in [6, 6.07) is 17.6. The summed E-state index contributed by atoms with van der Waals surface area (Å²) in [4.78, 5) is 13.3. The number of hydrogen-bond donors (Lipinski definition) is 1. The zero-order valence-electron chi connectivity index (χ0n) is 17.9. The van der Waals surface area contributed by atoms with Crippen LogP contribution in [0.15, 0.2) is 70.4 Å². The van der Waals surface area contributed by atoms with E-state index in [0.717, 1.165) is 33.7 Å². The summed E-state index contributed by atoms with van der Waals surface area (Å²) in [5, 5.41) is 11.9. The summed E-state index contributed by atoms with van der Waals surface area (Å²) in [5.74, 6) is 1.37. The average molecular weight is 433 g/mol. The first-order valence-corrected chi connectivity index (χ1v) is 10.8. The van der Waals surface area contributed by atoms with Crippen LogP contribution >= 0.6 is 11.8 Å². The molecule has 1 atom stereocenters. The lowest BCUT2D eigenvalue weighted by Crippen LogP contribution is -2.19. The number of amides is 1. The van der Waals surface area contributed by atoms with Gasteiger partial charge in [-0.3, -0.25) is 4.79 Å². The van der Waals surface area contributed by atoms with Gasteiger partial charge in [0.2, 0.25) is 5.91 Å². The Morgan fingerprint density at radius 3 is 2.39 bits per heavy atom. The molecule has 0 aliphatic carbocycles. The fourth-order valence-corrected chi connectivity index (χ4v) is 4.53. The van der Waals surface area contributed by atoms with Gasteiger partial charge in [-0.2, -0.15) is 0 Å². The molecule has 158 valence electrons. The third kappa shape index (κ3) is 4.56. The van der Waals surface area contributed by atoms with Gasteiger partial charge in [0.05, 0.1) is 11.8 Å². The molecule has 2 aromatic heterocycles. The number of rotatable bonds is 6. The van der Waals surface area contributed by atoms with Gasteiger partial charge >= 0.3 is 0 Å². The van der Waals surface area contributed by atoms with Crippen LogP contribution in [0.3, 0.4) is 0 Å². The zero-order chi connectivity index (χ0) is 22.0. The van der Waals surface area contributed by atoms with E-state index in [0.29, 0.717) is 11.0 Å². The van der Waals surface area contributed by atoms with Gasteiger partial charge in [0.15, 0.2) is 11.0 Å². The monoisotopic (exact) mass is 432 g/mol. The van der Waals surface area contributed by atoms with Crippen molar-refractivity contribution < 1.29 is 9.21 Å². The molecule has 0 unspecified atom stereocenters. The largest absolute Gasteiger partial charge is 0.469 e. The van der Waals surface area contributed by atoms with Crippen molar-refractivity contribution in [3.8, 4) is 11.4 Å². The van der Waals surface area contributed by atoms with Gasteiger partial charge in [0.1, 0.15) is 11.0 Å². The second-order valence-electron chi connectivity index (χ2n) is 7.53. The van der Waals surface area contributed by atoms with E-state index < -0.39 is 5.25 Å². The third-order valence-electron chi connectivity index (χ3n) is 4.99. The van der Waals surface area contributed by atoms with Crippen molar-refractivity contribution in [2.75, 3.05) is 5.32 Å². The maximum atomic E-state index is 13.3. The van der Waals surface area contributed by atoms with E-state index in [-0.39, 0.29) is 5.91 Å². The number of thioether (sulfide) groups is 1. The summed E-state index contributed by atoms with van der Waals surface area (Å²) < 4.78 is 7.30. The van der Waals surface area contributed by atoms with Gasteiger partial charge in [0, 0.05) is 12.7 Å². The molecule has 0 saturated carbocycles. The van der Waals surface area contributed by atoms with Crippen LogP contribution < -0.4 is 5.32 Å². The first-order valence-electron chi connectivity index (χ1n) is 9.97. The second kappa shape index (κ2) is 8.81. The summed E-state index contributed by atoms with van der Waals surface area (Å²) in [5.41, 5.74) is 4.79. The van der Waals surface area contributed by atoms with Crippen molar-refractivity contribution in [2.24, 2.45) is 7.05 Å². The smallest absolute Gasteiger partial charge is 0.242 e. The van der Waals surface area contributed by atoms with Crippen LogP contribution in [-0.4, -0.2) is 20.7 Å². The van der Waals surface area contributed by atoms with E-state index >= 15 is 0 Å². The third-order valence-corrected chi connectivity index (χ3v) is 6.28. The topological polar surface area (TPSA) is 73.0 Å². The zero-order valence-corrected chi connectivity index (χ0v) is 18.7. The minimum absolute atomic E-state index is 0.106. The first kappa shape index (κ1) is 20.9. The highest BCUT2D eigenvalue weighted by molar-refractivity contribution is 8.00. The van der Waals surface area contributed by atoms with Gasteiger partial charge in [-0.15, -0.1) is 10.2 Å². The predicted octanol–water partition coefficient (Wildman–Crippen LogP) is 5.47. The molecule has 1 amide bonds. The highest BCUT2D eigenvalue weighted by atomic mass is 32.2. The molecule has 4 rings (SSSR count).